The molecule has 0 aliphatic heterocycles. The van der Waals surface area contributed by atoms with Gasteiger partial charge in [0, 0.05) is 12.6 Å². The van der Waals surface area contributed by atoms with E-state index in [4.69, 9.17) is 0 Å². The van der Waals surface area contributed by atoms with Crippen LogP contribution in [0, 0.1) is 5.82 Å². The van der Waals surface area contributed by atoms with E-state index in [-0.39, 0.29) is 5.56 Å². The topological polar surface area (TPSA) is 46.9 Å². The van der Waals surface area contributed by atoms with Crippen LogP contribution in [0.1, 0.15) is 35.8 Å². The summed E-state index contributed by atoms with van der Waals surface area (Å²) in [6, 6.07) is 12.2. The largest absolute Gasteiger partial charge is 0.348 e. The van der Waals surface area contributed by atoms with Gasteiger partial charge >= 0.3 is 0 Å². The highest BCUT2D eigenvalue weighted by atomic mass is 19.1. The van der Waals surface area contributed by atoms with Crippen LogP contribution in [0.4, 0.5) is 4.39 Å². The predicted molar refractivity (Wildman–Crippen MR) is 87.7 cm³/mol. The third-order valence-corrected chi connectivity index (χ3v) is 3.77. The summed E-state index contributed by atoms with van der Waals surface area (Å²) in [5, 5.41) is 2.74. The number of rotatable bonds is 4. The molecule has 118 valence electrons. The number of halogens is 1. The minimum Gasteiger partial charge on any atom is -0.348 e. The standard InChI is InChI=1S/C18H18FN3O/c1-12(2)22-11-21-16-9-13(7-8-17(16)22)10-20-18(23)14-5-3-4-6-15(14)19/h3-9,11-12H,10H2,1-2H3,(H,20,23). The number of imidazole rings is 1. The number of hydrogen-bond acceptors (Lipinski definition) is 2. The number of nitrogens with zero attached hydrogens (tertiary/aromatic N) is 2. The molecule has 0 aliphatic rings. The molecule has 2 aromatic carbocycles. The van der Waals surface area contributed by atoms with E-state index in [1.807, 2.05) is 24.5 Å². The Hall–Kier alpha value is -2.69. The van der Waals surface area contributed by atoms with Gasteiger partial charge in [-0.2, -0.15) is 0 Å². The van der Waals surface area contributed by atoms with Gasteiger partial charge in [-0.25, -0.2) is 9.37 Å². The number of benzene rings is 2. The van der Waals surface area contributed by atoms with Crippen molar-refractivity contribution in [2.45, 2.75) is 26.4 Å². The average Bonchev–Trinajstić information content (AvgIpc) is 2.96. The second-order valence-electron chi connectivity index (χ2n) is 5.73. The minimum absolute atomic E-state index is 0.0534. The molecule has 1 amide bonds. The first-order valence-electron chi connectivity index (χ1n) is 7.54. The minimum atomic E-state index is -0.517. The lowest BCUT2D eigenvalue weighted by Gasteiger charge is -2.09. The van der Waals surface area contributed by atoms with Gasteiger partial charge in [-0.15, -0.1) is 0 Å². The molecule has 0 unspecified atom stereocenters. The highest BCUT2D eigenvalue weighted by molar-refractivity contribution is 5.94. The quantitative estimate of drug-likeness (QED) is 0.799. The molecule has 1 N–H and O–H groups in total. The summed E-state index contributed by atoms with van der Waals surface area (Å²) in [5.74, 6) is -0.938. The maximum atomic E-state index is 13.6. The van der Waals surface area contributed by atoms with Crippen molar-refractivity contribution in [3.8, 4) is 0 Å². The molecule has 0 radical (unpaired) electrons. The van der Waals surface area contributed by atoms with Gasteiger partial charge in [0.2, 0.25) is 0 Å². The zero-order chi connectivity index (χ0) is 16.4. The summed E-state index contributed by atoms with van der Waals surface area (Å²) < 4.78 is 15.7. The summed E-state index contributed by atoms with van der Waals surface area (Å²) in [6.45, 7) is 4.53. The molecular weight excluding hydrogens is 293 g/mol. The molecule has 0 atom stereocenters. The summed E-state index contributed by atoms with van der Waals surface area (Å²) >= 11 is 0. The van der Waals surface area contributed by atoms with Gasteiger partial charge in [-0.3, -0.25) is 4.79 Å². The molecule has 1 aromatic heterocycles. The number of aromatic nitrogens is 2. The van der Waals surface area contributed by atoms with E-state index >= 15 is 0 Å². The maximum Gasteiger partial charge on any atom is 0.254 e. The van der Waals surface area contributed by atoms with Gasteiger partial charge in [0.25, 0.3) is 5.91 Å². The second kappa shape index (κ2) is 6.20. The first kappa shape index (κ1) is 15.2. The molecule has 0 spiro atoms. The molecule has 0 saturated heterocycles. The van der Waals surface area contributed by atoms with Crippen LogP contribution in [-0.2, 0) is 6.54 Å². The fourth-order valence-corrected chi connectivity index (χ4v) is 2.52. The Morgan fingerprint density at radius 2 is 2.04 bits per heavy atom. The molecule has 0 aliphatic carbocycles. The molecule has 3 aromatic rings. The number of carbonyl (C=O) groups is 1. The van der Waals surface area contributed by atoms with E-state index < -0.39 is 11.7 Å². The van der Waals surface area contributed by atoms with E-state index in [0.29, 0.717) is 12.6 Å². The Morgan fingerprint density at radius 3 is 2.78 bits per heavy atom. The molecule has 0 fully saturated rings. The Balaban J connectivity index is 1.75. The van der Waals surface area contributed by atoms with Crippen LogP contribution >= 0.6 is 0 Å². The highest BCUT2D eigenvalue weighted by Crippen LogP contribution is 2.18. The summed E-state index contributed by atoms with van der Waals surface area (Å²) in [5.41, 5.74) is 2.93. The Kier molecular flexibility index (Phi) is 4.10. The van der Waals surface area contributed by atoms with E-state index in [1.165, 1.54) is 12.1 Å². The lowest BCUT2D eigenvalue weighted by molar-refractivity contribution is 0.0947. The Bertz CT molecular complexity index is 854. The fraction of sp³-hybridized carbons (Fsp3) is 0.222. The third-order valence-electron chi connectivity index (χ3n) is 3.77. The van der Waals surface area contributed by atoms with Gasteiger partial charge in [0.1, 0.15) is 5.82 Å². The van der Waals surface area contributed by atoms with Gasteiger partial charge < -0.3 is 9.88 Å². The van der Waals surface area contributed by atoms with Crippen LogP contribution in [-0.4, -0.2) is 15.5 Å². The van der Waals surface area contributed by atoms with Crippen LogP contribution in [0.25, 0.3) is 11.0 Å². The summed E-state index contributed by atoms with van der Waals surface area (Å²) in [7, 11) is 0. The van der Waals surface area contributed by atoms with E-state index in [0.717, 1.165) is 16.6 Å². The third kappa shape index (κ3) is 3.08. The first-order valence-corrected chi connectivity index (χ1v) is 7.54. The summed E-state index contributed by atoms with van der Waals surface area (Å²) in [6.07, 6.45) is 1.82. The molecule has 3 rings (SSSR count). The Labute approximate surface area is 134 Å². The van der Waals surface area contributed by atoms with Crippen molar-refractivity contribution in [2.75, 3.05) is 0 Å². The number of hydrogen-bond donors (Lipinski definition) is 1. The molecule has 23 heavy (non-hydrogen) atoms. The van der Waals surface area contributed by atoms with Crippen LogP contribution in [0.15, 0.2) is 48.8 Å². The van der Waals surface area contributed by atoms with Crippen LogP contribution in [0.3, 0.4) is 0 Å². The van der Waals surface area contributed by atoms with Crippen LogP contribution in [0.5, 0.6) is 0 Å². The smallest absolute Gasteiger partial charge is 0.254 e. The fourth-order valence-electron chi connectivity index (χ4n) is 2.52. The van der Waals surface area contributed by atoms with Crippen molar-refractivity contribution >= 4 is 16.9 Å². The Morgan fingerprint density at radius 1 is 1.26 bits per heavy atom. The molecular formula is C18H18FN3O. The van der Waals surface area contributed by atoms with Gasteiger partial charge in [-0.1, -0.05) is 18.2 Å². The van der Waals surface area contributed by atoms with Crippen LogP contribution in [0.2, 0.25) is 0 Å². The van der Waals surface area contributed by atoms with E-state index in [9.17, 15) is 9.18 Å². The van der Waals surface area contributed by atoms with E-state index in [1.54, 1.807) is 12.1 Å². The van der Waals surface area contributed by atoms with Crippen molar-refractivity contribution in [3.05, 3.63) is 65.7 Å². The zero-order valence-electron chi connectivity index (χ0n) is 13.1. The van der Waals surface area contributed by atoms with Gasteiger partial charge in [0.05, 0.1) is 22.9 Å². The van der Waals surface area contributed by atoms with E-state index in [2.05, 4.69) is 28.7 Å². The second-order valence-corrected chi connectivity index (χ2v) is 5.73. The van der Waals surface area contributed by atoms with Crippen molar-refractivity contribution in [2.24, 2.45) is 0 Å². The number of nitrogens with one attached hydrogen (secondary N) is 1. The molecule has 4 nitrogen and oxygen atoms in total. The molecule has 0 saturated carbocycles. The van der Waals surface area contributed by atoms with Crippen molar-refractivity contribution in [1.29, 1.82) is 0 Å². The molecule has 1 heterocycles. The average molecular weight is 311 g/mol. The lowest BCUT2D eigenvalue weighted by Crippen LogP contribution is -2.23. The first-order chi connectivity index (χ1) is 11.1. The predicted octanol–water partition coefficient (Wildman–Crippen LogP) is 3.69. The zero-order valence-corrected chi connectivity index (χ0v) is 13.1. The highest BCUT2D eigenvalue weighted by Gasteiger charge is 2.11. The summed E-state index contributed by atoms with van der Waals surface area (Å²) in [4.78, 5) is 16.4. The monoisotopic (exact) mass is 311 g/mol. The molecule has 0 bridgehead atoms. The van der Waals surface area contributed by atoms with Crippen molar-refractivity contribution in [1.82, 2.24) is 14.9 Å². The SMILES string of the molecule is CC(C)n1cnc2cc(CNC(=O)c3ccccc3F)ccc21. The normalized spacial score (nSPS) is 11.1. The number of carbonyl (C=O) groups excluding carboxylic acids is 1. The van der Waals surface area contributed by atoms with Gasteiger partial charge in [-0.05, 0) is 43.7 Å². The van der Waals surface area contributed by atoms with Crippen molar-refractivity contribution < 1.29 is 9.18 Å². The lowest BCUT2D eigenvalue weighted by atomic mass is 10.1. The maximum absolute atomic E-state index is 13.6. The van der Waals surface area contributed by atoms with Crippen molar-refractivity contribution in [3.63, 3.8) is 0 Å². The number of fused-ring (bicyclic) bond motifs is 1. The molecule has 5 heteroatoms. The van der Waals surface area contributed by atoms with Gasteiger partial charge in [0.15, 0.2) is 0 Å². The number of amides is 1. The van der Waals surface area contributed by atoms with Crippen LogP contribution < -0.4 is 5.32 Å².